The lowest BCUT2D eigenvalue weighted by molar-refractivity contribution is 0.0678. The number of piperidine rings is 1. The number of benzene rings is 1. The summed E-state index contributed by atoms with van der Waals surface area (Å²) < 4.78 is 5.51. The van der Waals surface area contributed by atoms with Crippen molar-refractivity contribution in [3.05, 3.63) is 65.5 Å². The Kier molecular flexibility index (Phi) is 4.91. The number of hydrogen-bond acceptors (Lipinski definition) is 3. The summed E-state index contributed by atoms with van der Waals surface area (Å²) in [7, 11) is 0. The summed E-state index contributed by atoms with van der Waals surface area (Å²) in [6.07, 6.45) is 4.75. The van der Waals surface area contributed by atoms with E-state index in [4.69, 9.17) is 4.74 Å². The van der Waals surface area contributed by atoms with Crippen LogP contribution < -0.4 is 0 Å². The molecule has 4 nitrogen and oxygen atoms in total. The lowest BCUT2D eigenvalue weighted by Crippen LogP contribution is -2.38. The zero-order valence-corrected chi connectivity index (χ0v) is 13.4. The number of amides is 1. The fourth-order valence-corrected chi connectivity index (χ4v) is 2.98. The van der Waals surface area contributed by atoms with E-state index in [9.17, 15) is 4.79 Å². The Balaban J connectivity index is 1.68. The van der Waals surface area contributed by atoms with Gasteiger partial charge in [0.25, 0.3) is 0 Å². The monoisotopic (exact) mass is 310 g/mol. The summed E-state index contributed by atoms with van der Waals surface area (Å²) in [5.41, 5.74) is 3.08. The lowest BCUT2D eigenvalue weighted by atomic mass is 9.97. The maximum atomic E-state index is 12.5. The zero-order chi connectivity index (χ0) is 16.1. The van der Waals surface area contributed by atoms with E-state index >= 15 is 0 Å². The number of hydrogen-bond donors (Lipinski definition) is 0. The molecule has 0 saturated carbocycles. The molecule has 1 aliphatic heterocycles. The fourth-order valence-electron chi connectivity index (χ4n) is 2.98. The number of nitrogens with zero attached hydrogens (tertiary/aromatic N) is 2. The molecule has 120 valence electrons. The summed E-state index contributed by atoms with van der Waals surface area (Å²) in [5, 5.41) is 0. The molecule has 1 unspecified atom stereocenters. The van der Waals surface area contributed by atoms with Gasteiger partial charge in [0.15, 0.2) is 0 Å². The van der Waals surface area contributed by atoms with Gasteiger partial charge in [-0.1, -0.05) is 36.4 Å². The van der Waals surface area contributed by atoms with E-state index in [0.29, 0.717) is 6.61 Å². The van der Waals surface area contributed by atoms with Crippen molar-refractivity contribution in [1.82, 2.24) is 9.88 Å². The van der Waals surface area contributed by atoms with Gasteiger partial charge >= 0.3 is 6.09 Å². The molecule has 1 saturated heterocycles. The first-order valence-corrected chi connectivity index (χ1v) is 8.14. The van der Waals surface area contributed by atoms with E-state index in [1.54, 1.807) is 0 Å². The van der Waals surface area contributed by atoms with E-state index < -0.39 is 0 Å². The van der Waals surface area contributed by atoms with Crippen LogP contribution in [0.2, 0.25) is 0 Å². The highest BCUT2D eigenvalue weighted by molar-refractivity contribution is 5.68. The van der Waals surface area contributed by atoms with Gasteiger partial charge in [-0.05, 0) is 43.4 Å². The minimum Gasteiger partial charge on any atom is -0.445 e. The normalized spacial score (nSPS) is 17.8. The number of carbonyl (C=O) groups excluding carboxylic acids is 1. The van der Waals surface area contributed by atoms with Crippen LogP contribution in [0.1, 0.15) is 42.1 Å². The molecule has 2 heterocycles. The first kappa shape index (κ1) is 15.5. The van der Waals surface area contributed by atoms with Crippen LogP contribution in [0.15, 0.2) is 48.7 Å². The van der Waals surface area contributed by atoms with E-state index in [2.05, 4.69) is 11.1 Å². The van der Waals surface area contributed by atoms with Crippen molar-refractivity contribution in [2.45, 2.75) is 38.8 Å². The number of ether oxygens (including phenoxy) is 1. The Bertz CT molecular complexity index is 640. The molecule has 23 heavy (non-hydrogen) atoms. The third kappa shape index (κ3) is 3.89. The van der Waals surface area contributed by atoms with Crippen molar-refractivity contribution in [3.8, 4) is 0 Å². The summed E-state index contributed by atoms with van der Waals surface area (Å²) in [6, 6.07) is 13.9. The molecule has 3 rings (SSSR count). The number of rotatable bonds is 3. The molecular weight excluding hydrogens is 288 g/mol. The first-order valence-electron chi connectivity index (χ1n) is 8.14. The molecule has 1 aromatic carbocycles. The highest BCUT2D eigenvalue weighted by Crippen LogP contribution is 2.31. The second kappa shape index (κ2) is 7.27. The second-order valence-electron chi connectivity index (χ2n) is 5.98. The van der Waals surface area contributed by atoms with Crippen molar-refractivity contribution < 1.29 is 9.53 Å². The summed E-state index contributed by atoms with van der Waals surface area (Å²) in [5.74, 6) is 0. The molecule has 4 heteroatoms. The van der Waals surface area contributed by atoms with E-state index in [0.717, 1.165) is 42.6 Å². The first-order chi connectivity index (χ1) is 11.2. The van der Waals surface area contributed by atoms with Crippen LogP contribution in [0.4, 0.5) is 4.79 Å². The average Bonchev–Trinajstić information content (AvgIpc) is 2.61. The number of aryl methyl sites for hydroxylation is 1. The molecule has 2 aromatic rings. The van der Waals surface area contributed by atoms with Gasteiger partial charge in [-0.2, -0.15) is 0 Å². The Hall–Kier alpha value is -2.36. The third-order valence-electron chi connectivity index (χ3n) is 4.26. The number of likely N-dealkylation sites (tertiary alicyclic amines) is 1. The van der Waals surface area contributed by atoms with E-state index in [1.165, 1.54) is 0 Å². The Morgan fingerprint density at radius 1 is 1.22 bits per heavy atom. The zero-order valence-electron chi connectivity index (χ0n) is 13.4. The van der Waals surface area contributed by atoms with Gasteiger partial charge < -0.3 is 9.64 Å². The van der Waals surface area contributed by atoms with Crippen LogP contribution in [0.5, 0.6) is 0 Å². The molecule has 1 aliphatic rings. The van der Waals surface area contributed by atoms with Crippen LogP contribution in [0.3, 0.4) is 0 Å². The minimum atomic E-state index is -0.237. The van der Waals surface area contributed by atoms with Crippen molar-refractivity contribution in [2.75, 3.05) is 6.54 Å². The molecule has 0 bridgehead atoms. The van der Waals surface area contributed by atoms with Crippen LogP contribution >= 0.6 is 0 Å². The van der Waals surface area contributed by atoms with Crippen LogP contribution in [-0.4, -0.2) is 22.5 Å². The van der Waals surface area contributed by atoms with Crippen molar-refractivity contribution >= 4 is 6.09 Å². The van der Waals surface area contributed by atoms with Crippen LogP contribution in [-0.2, 0) is 11.3 Å². The molecule has 0 aliphatic carbocycles. The summed E-state index contributed by atoms with van der Waals surface area (Å²) >= 11 is 0. The summed E-state index contributed by atoms with van der Waals surface area (Å²) in [6.45, 7) is 3.03. The van der Waals surface area contributed by atoms with E-state index in [-0.39, 0.29) is 12.1 Å². The number of pyridine rings is 1. The SMILES string of the molecule is Cc1ccc(C2CCCCN2C(=O)OCc2ccccc2)cn1. The van der Waals surface area contributed by atoms with Gasteiger partial charge in [0.2, 0.25) is 0 Å². The standard InChI is InChI=1S/C19H22N2O2/c1-15-10-11-17(13-20-15)18-9-5-6-12-21(18)19(22)23-14-16-7-3-2-4-8-16/h2-4,7-8,10-11,13,18H,5-6,9,12,14H2,1H3. The van der Waals surface area contributed by atoms with Gasteiger partial charge in [-0.25, -0.2) is 4.79 Å². The molecule has 1 amide bonds. The van der Waals surface area contributed by atoms with Gasteiger partial charge in [0.1, 0.15) is 6.61 Å². The Morgan fingerprint density at radius 3 is 2.78 bits per heavy atom. The average molecular weight is 310 g/mol. The molecule has 1 atom stereocenters. The largest absolute Gasteiger partial charge is 0.445 e. The Labute approximate surface area is 137 Å². The molecule has 0 spiro atoms. The summed E-state index contributed by atoms with van der Waals surface area (Å²) in [4.78, 5) is 18.7. The maximum Gasteiger partial charge on any atom is 0.410 e. The lowest BCUT2D eigenvalue weighted by Gasteiger charge is -2.35. The molecule has 0 radical (unpaired) electrons. The highest BCUT2D eigenvalue weighted by Gasteiger charge is 2.29. The minimum absolute atomic E-state index is 0.0696. The predicted octanol–water partition coefficient (Wildman–Crippen LogP) is 4.25. The van der Waals surface area contributed by atoms with Gasteiger partial charge in [0.05, 0.1) is 6.04 Å². The molecule has 0 N–H and O–H groups in total. The highest BCUT2D eigenvalue weighted by atomic mass is 16.6. The van der Waals surface area contributed by atoms with Crippen LogP contribution in [0.25, 0.3) is 0 Å². The second-order valence-corrected chi connectivity index (χ2v) is 5.98. The van der Waals surface area contributed by atoms with Gasteiger partial charge in [-0.15, -0.1) is 0 Å². The van der Waals surface area contributed by atoms with E-state index in [1.807, 2.05) is 54.4 Å². The predicted molar refractivity (Wildman–Crippen MR) is 88.9 cm³/mol. The van der Waals surface area contributed by atoms with Gasteiger partial charge in [-0.3, -0.25) is 4.98 Å². The molecular formula is C19H22N2O2. The third-order valence-corrected chi connectivity index (χ3v) is 4.26. The topological polar surface area (TPSA) is 42.4 Å². The fraction of sp³-hybridized carbons (Fsp3) is 0.368. The maximum absolute atomic E-state index is 12.5. The van der Waals surface area contributed by atoms with Crippen molar-refractivity contribution in [3.63, 3.8) is 0 Å². The number of carbonyl (C=O) groups is 1. The van der Waals surface area contributed by atoms with Crippen molar-refractivity contribution in [1.29, 1.82) is 0 Å². The van der Waals surface area contributed by atoms with Gasteiger partial charge in [0, 0.05) is 18.4 Å². The number of aromatic nitrogens is 1. The molecule has 1 aromatic heterocycles. The Morgan fingerprint density at radius 2 is 2.04 bits per heavy atom. The smallest absolute Gasteiger partial charge is 0.410 e. The quantitative estimate of drug-likeness (QED) is 0.851. The van der Waals surface area contributed by atoms with Crippen molar-refractivity contribution in [2.24, 2.45) is 0 Å². The van der Waals surface area contributed by atoms with Crippen LogP contribution in [0, 0.1) is 6.92 Å². The molecule has 1 fully saturated rings.